The molecule has 17 heavy (non-hydrogen) atoms. The van der Waals surface area contributed by atoms with Crippen molar-refractivity contribution in [1.82, 2.24) is 0 Å². The molecule has 0 aliphatic rings. The minimum atomic E-state index is -0.415. The SMILES string of the molecule is Cc1ccc(N(C)C(=O)[C@H](N)CC(C)C)cc1. The topological polar surface area (TPSA) is 46.3 Å². The molecule has 0 unspecified atom stereocenters. The Bertz CT molecular complexity index is 370. The zero-order chi connectivity index (χ0) is 13.0. The number of carbonyl (C=O) groups is 1. The van der Waals surface area contributed by atoms with Crippen molar-refractivity contribution in [2.75, 3.05) is 11.9 Å². The number of anilines is 1. The van der Waals surface area contributed by atoms with Crippen LogP contribution in [0.15, 0.2) is 24.3 Å². The summed E-state index contributed by atoms with van der Waals surface area (Å²) in [6, 6.07) is 7.45. The second kappa shape index (κ2) is 5.82. The van der Waals surface area contributed by atoms with E-state index in [1.54, 1.807) is 11.9 Å². The molecule has 0 heterocycles. The molecule has 94 valence electrons. The highest BCUT2D eigenvalue weighted by atomic mass is 16.2. The lowest BCUT2D eigenvalue weighted by atomic mass is 10.0. The fourth-order valence-corrected chi connectivity index (χ4v) is 1.75. The lowest BCUT2D eigenvalue weighted by Gasteiger charge is -2.22. The van der Waals surface area contributed by atoms with Gasteiger partial charge >= 0.3 is 0 Å². The van der Waals surface area contributed by atoms with Crippen LogP contribution in [0.4, 0.5) is 5.69 Å². The fourth-order valence-electron chi connectivity index (χ4n) is 1.75. The van der Waals surface area contributed by atoms with Crippen LogP contribution >= 0.6 is 0 Å². The normalized spacial score (nSPS) is 12.6. The number of hydrogen-bond acceptors (Lipinski definition) is 2. The summed E-state index contributed by atoms with van der Waals surface area (Å²) < 4.78 is 0. The van der Waals surface area contributed by atoms with Gasteiger partial charge in [0, 0.05) is 12.7 Å². The Labute approximate surface area is 104 Å². The Morgan fingerprint density at radius 1 is 1.29 bits per heavy atom. The first-order valence-corrected chi connectivity index (χ1v) is 6.01. The molecule has 0 bridgehead atoms. The van der Waals surface area contributed by atoms with Crippen molar-refractivity contribution in [3.63, 3.8) is 0 Å². The number of aryl methyl sites for hydroxylation is 1. The molecule has 1 aromatic carbocycles. The number of amides is 1. The standard InChI is InChI=1S/C14H22N2O/c1-10(2)9-13(15)14(17)16(4)12-7-5-11(3)6-8-12/h5-8,10,13H,9,15H2,1-4H3/t13-/m1/s1. The van der Waals surface area contributed by atoms with Crippen LogP contribution in [0.1, 0.15) is 25.8 Å². The van der Waals surface area contributed by atoms with E-state index in [9.17, 15) is 4.79 Å². The van der Waals surface area contributed by atoms with Crippen molar-refractivity contribution in [2.24, 2.45) is 11.7 Å². The first-order chi connectivity index (χ1) is 7.91. The van der Waals surface area contributed by atoms with E-state index in [1.165, 1.54) is 5.56 Å². The molecule has 0 saturated heterocycles. The number of carbonyl (C=O) groups excluding carboxylic acids is 1. The average molecular weight is 234 g/mol. The molecule has 0 aromatic heterocycles. The summed E-state index contributed by atoms with van der Waals surface area (Å²) in [5, 5.41) is 0. The number of likely N-dealkylation sites (N-methyl/N-ethyl adjacent to an activating group) is 1. The molecule has 2 N–H and O–H groups in total. The zero-order valence-corrected chi connectivity index (χ0v) is 11.1. The van der Waals surface area contributed by atoms with Gasteiger partial charge in [0.2, 0.25) is 5.91 Å². The van der Waals surface area contributed by atoms with Crippen LogP contribution in [0.3, 0.4) is 0 Å². The van der Waals surface area contributed by atoms with Gasteiger partial charge in [0.05, 0.1) is 6.04 Å². The highest BCUT2D eigenvalue weighted by Crippen LogP contribution is 2.15. The third kappa shape index (κ3) is 3.86. The number of hydrogen-bond donors (Lipinski definition) is 1. The van der Waals surface area contributed by atoms with E-state index in [0.717, 1.165) is 12.1 Å². The van der Waals surface area contributed by atoms with Crippen LogP contribution in [0.5, 0.6) is 0 Å². The predicted molar refractivity (Wildman–Crippen MR) is 72.0 cm³/mol. The second-order valence-corrected chi connectivity index (χ2v) is 4.97. The van der Waals surface area contributed by atoms with Gasteiger partial charge in [-0.3, -0.25) is 4.79 Å². The van der Waals surface area contributed by atoms with Crippen LogP contribution < -0.4 is 10.6 Å². The van der Waals surface area contributed by atoms with Crippen LogP contribution in [0.2, 0.25) is 0 Å². The van der Waals surface area contributed by atoms with Crippen molar-refractivity contribution in [3.8, 4) is 0 Å². The molecular formula is C14H22N2O. The van der Waals surface area contributed by atoms with Gasteiger partial charge in [-0.1, -0.05) is 31.5 Å². The Morgan fingerprint density at radius 2 is 1.82 bits per heavy atom. The van der Waals surface area contributed by atoms with E-state index in [2.05, 4.69) is 13.8 Å². The summed E-state index contributed by atoms with van der Waals surface area (Å²) in [5.74, 6) is 0.405. The van der Waals surface area contributed by atoms with Crippen LogP contribution in [-0.4, -0.2) is 19.0 Å². The summed E-state index contributed by atoms with van der Waals surface area (Å²) in [7, 11) is 1.77. The first-order valence-electron chi connectivity index (χ1n) is 6.01. The maximum atomic E-state index is 12.1. The third-order valence-electron chi connectivity index (χ3n) is 2.79. The van der Waals surface area contributed by atoms with E-state index < -0.39 is 6.04 Å². The van der Waals surface area contributed by atoms with E-state index in [-0.39, 0.29) is 5.91 Å². The molecule has 1 rings (SSSR count). The van der Waals surface area contributed by atoms with E-state index in [1.807, 2.05) is 31.2 Å². The monoisotopic (exact) mass is 234 g/mol. The van der Waals surface area contributed by atoms with Crippen molar-refractivity contribution in [3.05, 3.63) is 29.8 Å². The predicted octanol–water partition coefficient (Wildman–Crippen LogP) is 2.33. The molecule has 3 nitrogen and oxygen atoms in total. The Kier molecular flexibility index (Phi) is 4.70. The first kappa shape index (κ1) is 13.7. The van der Waals surface area contributed by atoms with Crippen molar-refractivity contribution < 1.29 is 4.79 Å². The van der Waals surface area contributed by atoms with Gasteiger partial charge in [-0.2, -0.15) is 0 Å². The van der Waals surface area contributed by atoms with Crippen LogP contribution in [0, 0.1) is 12.8 Å². The van der Waals surface area contributed by atoms with Crippen molar-refractivity contribution in [1.29, 1.82) is 0 Å². The molecule has 0 spiro atoms. The Morgan fingerprint density at radius 3 is 2.29 bits per heavy atom. The van der Waals surface area contributed by atoms with Gasteiger partial charge in [-0.15, -0.1) is 0 Å². The summed E-state index contributed by atoms with van der Waals surface area (Å²) >= 11 is 0. The van der Waals surface area contributed by atoms with Gasteiger partial charge in [0.15, 0.2) is 0 Å². The minimum absolute atomic E-state index is 0.0254. The van der Waals surface area contributed by atoms with Crippen molar-refractivity contribution >= 4 is 11.6 Å². The Balaban J connectivity index is 2.72. The Hall–Kier alpha value is -1.35. The molecule has 0 aliphatic heterocycles. The molecule has 1 aromatic rings. The van der Waals surface area contributed by atoms with Crippen molar-refractivity contribution in [2.45, 2.75) is 33.2 Å². The van der Waals surface area contributed by atoms with Crippen LogP contribution in [-0.2, 0) is 4.79 Å². The summed E-state index contributed by atoms with van der Waals surface area (Å²) in [4.78, 5) is 13.7. The molecule has 1 atom stereocenters. The molecule has 0 aliphatic carbocycles. The third-order valence-corrected chi connectivity index (χ3v) is 2.79. The summed E-state index contributed by atoms with van der Waals surface area (Å²) in [6.45, 7) is 6.16. The average Bonchev–Trinajstić information content (AvgIpc) is 2.27. The molecule has 3 heteroatoms. The van der Waals surface area contributed by atoms with Crippen LogP contribution in [0.25, 0.3) is 0 Å². The lowest BCUT2D eigenvalue weighted by Crippen LogP contribution is -2.42. The van der Waals surface area contributed by atoms with Gasteiger partial charge in [0.25, 0.3) is 0 Å². The van der Waals surface area contributed by atoms with Gasteiger partial charge < -0.3 is 10.6 Å². The van der Waals surface area contributed by atoms with E-state index in [0.29, 0.717) is 5.92 Å². The fraction of sp³-hybridized carbons (Fsp3) is 0.500. The lowest BCUT2D eigenvalue weighted by molar-refractivity contribution is -0.119. The zero-order valence-electron chi connectivity index (χ0n) is 11.1. The molecular weight excluding hydrogens is 212 g/mol. The maximum absolute atomic E-state index is 12.1. The minimum Gasteiger partial charge on any atom is -0.320 e. The number of rotatable bonds is 4. The summed E-state index contributed by atoms with van der Waals surface area (Å²) in [5.41, 5.74) is 7.97. The molecule has 0 fully saturated rings. The van der Waals surface area contributed by atoms with Gasteiger partial charge in [-0.25, -0.2) is 0 Å². The number of nitrogens with zero attached hydrogens (tertiary/aromatic N) is 1. The van der Waals surface area contributed by atoms with Gasteiger partial charge in [-0.05, 0) is 31.4 Å². The largest absolute Gasteiger partial charge is 0.320 e. The van der Waals surface area contributed by atoms with E-state index in [4.69, 9.17) is 5.73 Å². The number of nitrogens with two attached hydrogens (primary N) is 1. The highest BCUT2D eigenvalue weighted by Gasteiger charge is 2.19. The molecule has 0 saturated carbocycles. The quantitative estimate of drug-likeness (QED) is 0.869. The second-order valence-electron chi connectivity index (χ2n) is 4.97. The van der Waals surface area contributed by atoms with E-state index >= 15 is 0 Å². The smallest absolute Gasteiger partial charge is 0.243 e. The molecule has 1 amide bonds. The maximum Gasteiger partial charge on any atom is 0.243 e. The highest BCUT2D eigenvalue weighted by molar-refractivity contribution is 5.96. The molecule has 0 radical (unpaired) electrons. The number of benzene rings is 1. The summed E-state index contributed by atoms with van der Waals surface area (Å²) in [6.07, 6.45) is 0.717. The van der Waals surface area contributed by atoms with Gasteiger partial charge in [0.1, 0.15) is 0 Å².